The maximum Gasteiger partial charge on any atom is 0.577 e. The van der Waals surface area contributed by atoms with Crippen LogP contribution in [-0.2, 0) is 29.6 Å². The van der Waals surface area contributed by atoms with Crippen LogP contribution in [0.2, 0.25) is 0 Å². The molecular weight excluding hydrogens is 268 g/mol. The number of hydrogen-bond donors (Lipinski definition) is 0. The zero-order chi connectivity index (χ0) is 15.4. The fraction of sp³-hybridized carbons (Fsp3) is 0.923. The second-order valence-electron chi connectivity index (χ2n) is 5.45. The van der Waals surface area contributed by atoms with Crippen molar-refractivity contribution in [3.8, 4) is 0 Å². The van der Waals surface area contributed by atoms with Crippen LogP contribution in [0.1, 0.15) is 60.3 Å². The highest BCUT2D eigenvalue weighted by Gasteiger charge is 2.16. The SMILES string of the molecule is CCCCC(CC)COOOC(=O)OOOC(C)(C)C. The lowest BCUT2D eigenvalue weighted by atomic mass is 10.0. The van der Waals surface area contributed by atoms with Crippen molar-refractivity contribution in [2.45, 2.75) is 65.9 Å². The van der Waals surface area contributed by atoms with Crippen LogP contribution in [0.25, 0.3) is 0 Å². The normalized spacial score (nSPS) is 13.1. The minimum atomic E-state index is -1.21. The van der Waals surface area contributed by atoms with Crippen LogP contribution in [0, 0.1) is 5.92 Å². The summed E-state index contributed by atoms with van der Waals surface area (Å²) in [6, 6.07) is 0. The predicted octanol–water partition coefficient (Wildman–Crippen LogP) is 3.88. The lowest BCUT2D eigenvalue weighted by Gasteiger charge is -2.15. The van der Waals surface area contributed by atoms with Gasteiger partial charge in [-0.05, 0) is 43.2 Å². The minimum absolute atomic E-state index is 0.350. The molecule has 0 amide bonds. The Bertz CT molecular complexity index is 250. The summed E-state index contributed by atoms with van der Waals surface area (Å²) >= 11 is 0. The fourth-order valence-electron chi connectivity index (χ4n) is 1.23. The first-order chi connectivity index (χ1) is 9.39. The molecule has 0 N–H and O–H groups in total. The fourth-order valence-corrected chi connectivity index (χ4v) is 1.23. The van der Waals surface area contributed by atoms with Crippen LogP contribution in [0.15, 0.2) is 0 Å². The van der Waals surface area contributed by atoms with Crippen molar-refractivity contribution in [3.63, 3.8) is 0 Å². The lowest BCUT2D eigenvalue weighted by molar-refractivity contribution is -0.542. The van der Waals surface area contributed by atoms with Crippen LogP contribution >= 0.6 is 0 Å². The summed E-state index contributed by atoms with van der Waals surface area (Å²) in [6.45, 7) is 9.72. The van der Waals surface area contributed by atoms with Gasteiger partial charge in [-0.25, -0.2) is 9.78 Å². The predicted molar refractivity (Wildman–Crippen MR) is 69.8 cm³/mol. The molecule has 0 radical (unpaired) electrons. The first-order valence-corrected chi connectivity index (χ1v) is 6.91. The summed E-state index contributed by atoms with van der Waals surface area (Å²) in [5.41, 5.74) is -0.606. The van der Waals surface area contributed by atoms with E-state index in [-0.39, 0.29) is 0 Å². The van der Waals surface area contributed by atoms with Crippen LogP contribution in [0.4, 0.5) is 4.79 Å². The van der Waals surface area contributed by atoms with E-state index in [1.165, 1.54) is 0 Å². The Hall–Kier alpha value is -0.890. The maximum atomic E-state index is 11.0. The average molecular weight is 294 g/mol. The summed E-state index contributed by atoms with van der Waals surface area (Å²) in [6.07, 6.45) is 3.06. The molecular formula is C13H26O7. The molecule has 20 heavy (non-hydrogen) atoms. The summed E-state index contributed by atoms with van der Waals surface area (Å²) < 4.78 is 0. The number of carbonyl (C=O) groups excluding carboxylic acids is 1. The first kappa shape index (κ1) is 19.1. The van der Waals surface area contributed by atoms with Gasteiger partial charge in [0.25, 0.3) is 0 Å². The maximum absolute atomic E-state index is 11.0. The first-order valence-electron chi connectivity index (χ1n) is 6.91. The molecule has 0 saturated heterocycles. The molecule has 0 aliphatic carbocycles. The van der Waals surface area contributed by atoms with E-state index >= 15 is 0 Å². The minimum Gasteiger partial charge on any atom is -0.226 e. The highest BCUT2D eigenvalue weighted by Crippen LogP contribution is 2.13. The van der Waals surface area contributed by atoms with E-state index in [0.717, 1.165) is 25.7 Å². The molecule has 0 aliphatic rings. The smallest absolute Gasteiger partial charge is 0.226 e. The number of rotatable bonds is 10. The number of unbranched alkanes of at least 4 members (excludes halogenated alkanes) is 1. The quantitative estimate of drug-likeness (QED) is 0.344. The third kappa shape index (κ3) is 12.2. The highest BCUT2D eigenvalue weighted by atomic mass is 17.6. The Morgan fingerprint density at radius 1 is 1.10 bits per heavy atom. The van der Waals surface area contributed by atoms with Gasteiger partial charge in [-0.3, -0.25) is 0 Å². The van der Waals surface area contributed by atoms with E-state index in [9.17, 15) is 4.79 Å². The van der Waals surface area contributed by atoms with E-state index in [2.05, 4.69) is 38.6 Å². The zero-order valence-electron chi connectivity index (χ0n) is 13.0. The van der Waals surface area contributed by atoms with Gasteiger partial charge in [0, 0.05) is 0 Å². The van der Waals surface area contributed by atoms with Gasteiger partial charge in [-0.2, -0.15) is 14.6 Å². The van der Waals surface area contributed by atoms with E-state index in [1.54, 1.807) is 20.8 Å². The molecule has 0 fully saturated rings. The molecule has 0 aromatic heterocycles. The zero-order valence-corrected chi connectivity index (χ0v) is 13.0. The monoisotopic (exact) mass is 294 g/mol. The Balaban J connectivity index is 3.55. The van der Waals surface area contributed by atoms with Gasteiger partial charge < -0.3 is 0 Å². The van der Waals surface area contributed by atoms with Gasteiger partial charge in [0.2, 0.25) is 0 Å². The van der Waals surface area contributed by atoms with Gasteiger partial charge in [0.05, 0.1) is 12.2 Å². The van der Waals surface area contributed by atoms with Crippen molar-refractivity contribution in [1.29, 1.82) is 0 Å². The lowest BCUT2D eigenvalue weighted by Crippen LogP contribution is -2.21. The van der Waals surface area contributed by atoms with Crippen LogP contribution in [-0.4, -0.2) is 18.4 Å². The van der Waals surface area contributed by atoms with Crippen LogP contribution in [0.3, 0.4) is 0 Å². The molecule has 7 heteroatoms. The van der Waals surface area contributed by atoms with Crippen molar-refractivity contribution >= 4 is 6.16 Å². The standard InChI is InChI=1S/C13H26O7/c1-6-8-9-11(7-2)10-15-19-16-12(14)17-20-18-13(3,4)5/h11H,6-10H2,1-5H3. The molecule has 0 aromatic rings. The van der Waals surface area contributed by atoms with Crippen LogP contribution in [0.5, 0.6) is 0 Å². The molecule has 0 aromatic carbocycles. The summed E-state index contributed by atoms with van der Waals surface area (Å²) in [4.78, 5) is 28.7. The van der Waals surface area contributed by atoms with Crippen molar-refractivity contribution < 1.29 is 34.4 Å². The Labute approximate surface area is 120 Å². The molecule has 1 atom stereocenters. The van der Waals surface area contributed by atoms with Crippen LogP contribution < -0.4 is 0 Å². The van der Waals surface area contributed by atoms with Crippen molar-refractivity contribution in [2.24, 2.45) is 5.92 Å². The Kier molecular flexibility index (Phi) is 10.4. The molecule has 0 spiro atoms. The van der Waals surface area contributed by atoms with Gasteiger partial charge in [-0.15, -0.1) is 0 Å². The largest absolute Gasteiger partial charge is 0.577 e. The van der Waals surface area contributed by atoms with E-state index in [1.807, 2.05) is 0 Å². The number of hydrogen-bond acceptors (Lipinski definition) is 7. The molecule has 0 rings (SSSR count). The summed E-state index contributed by atoms with van der Waals surface area (Å²) in [5.74, 6) is 0.370. The summed E-state index contributed by atoms with van der Waals surface area (Å²) in [7, 11) is 0. The second-order valence-corrected chi connectivity index (χ2v) is 5.45. The second kappa shape index (κ2) is 10.8. The molecule has 0 heterocycles. The average Bonchev–Trinajstić information content (AvgIpc) is 2.36. The highest BCUT2D eigenvalue weighted by molar-refractivity contribution is 5.57. The Morgan fingerprint density at radius 3 is 2.30 bits per heavy atom. The van der Waals surface area contributed by atoms with Gasteiger partial charge in [0.1, 0.15) is 0 Å². The molecule has 1 unspecified atom stereocenters. The van der Waals surface area contributed by atoms with Gasteiger partial charge in [0.15, 0.2) is 0 Å². The molecule has 120 valence electrons. The van der Waals surface area contributed by atoms with Gasteiger partial charge in [-0.1, -0.05) is 33.1 Å². The molecule has 0 aliphatic heterocycles. The van der Waals surface area contributed by atoms with Crippen molar-refractivity contribution in [3.05, 3.63) is 0 Å². The third-order valence-electron chi connectivity index (χ3n) is 2.38. The topological polar surface area (TPSA) is 72.5 Å². The molecule has 7 nitrogen and oxygen atoms in total. The van der Waals surface area contributed by atoms with Crippen molar-refractivity contribution in [1.82, 2.24) is 0 Å². The van der Waals surface area contributed by atoms with E-state index in [0.29, 0.717) is 12.5 Å². The van der Waals surface area contributed by atoms with E-state index < -0.39 is 11.8 Å². The number of carbonyl (C=O) groups is 1. The third-order valence-corrected chi connectivity index (χ3v) is 2.38. The van der Waals surface area contributed by atoms with E-state index in [4.69, 9.17) is 4.89 Å². The molecule has 0 saturated carbocycles. The summed E-state index contributed by atoms with van der Waals surface area (Å²) in [5, 5.41) is 8.48. The Morgan fingerprint density at radius 2 is 1.75 bits per heavy atom. The van der Waals surface area contributed by atoms with Crippen molar-refractivity contribution in [2.75, 3.05) is 6.61 Å². The van der Waals surface area contributed by atoms with Gasteiger partial charge >= 0.3 is 6.16 Å². The molecule has 0 bridgehead atoms.